The third-order valence-corrected chi connectivity index (χ3v) is 3.13. The topological polar surface area (TPSA) is 12.0 Å². The van der Waals surface area contributed by atoms with Crippen molar-refractivity contribution in [1.29, 1.82) is 0 Å². The second-order valence-corrected chi connectivity index (χ2v) is 4.49. The van der Waals surface area contributed by atoms with E-state index in [0.29, 0.717) is 5.92 Å². The highest BCUT2D eigenvalue weighted by molar-refractivity contribution is 5.22. The van der Waals surface area contributed by atoms with E-state index >= 15 is 0 Å². The molecule has 0 aliphatic rings. The van der Waals surface area contributed by atoms with Gasteiger partial charge in [-0.2, -0.15) is 0 Å². The number of nitrogens with one attached hydrogen (secondary N) is 1. The highest BCUT2D eigenvalue weighted by Crippen LogP contribution is 2.25. The van der Waals surface area contributed by atoms with Crippen molar-refractivity contribution >= 4 is 0 Å². The fraction of sp³-hybridized carbons (Fsp3) is 0.571. The van der Waals surface area contributed by atoms with Crippen LogP contribution in [0.3, 0.4) is 0 Å². The van der Waals surface area contributed by atoms with Crippen molar-refractivity contribution in [3.8, 4) is 0 Å². The Hall–Kier alpha value is -0.960. The van der Waals surface area contributed by atoms with Gasteiger partial charge in [-0.15, -0.1) is 0 Å². The molecule has 17 heavy (non-hydrogen) atoms. The molecule has 0 radical (unpaired) electrons. The lowest BCUT2D eigenvalue weighted by Crippen LogP contribution is -2.27. The quantitative estimate of drug-likeness (QED) is 0.792. The summed E-state index contributed by atoms with van der Waals surface area (Å²) in [7, 11) is 0. The van der Waals surface area contributed by atoms with E-state index in [2.05, 4.69) is 26.1 Å². The molecule has 96 valence electrons. The predicted molar refractivity (Wildman–Crippen MR) is 66.8 cm³/mol. The molecule has 1 rings (SSSR count). The Morgan fingerprint density at radius 3 is 2.41 bits per heavy atom. The number of halogens is 2. The van der Waals surface area contributed by atoms with Gasteiger partial charge in [0.25, 0.3) is 0 Å². The summed E-state index contributed by atoms with van der Waals surface area (Å²) in [6, 6.07) is 4.26. The maximum absolute atomic E-state index is 13.2. The molecule has 0 aliphatic carbocycles. The lowest BCUT2D eigenvalue weighted by Gasteiger charge is -2.25. The van der Waals surface area contributed by atoms with Crippen LogP contribution in [-0.4, -0.2) is 6.54 Å². The number of hydrogen-bond donors (Lipinski definition) is 1. The second-order valence-electron chi connectivity index (χ2n) is 4.49. The van der Waals surface area contributed by atoms with Crippen molar-refractivity contribution in [1.82, 2.24) is 5.32 Å². The summed E-state index contributed by atoms with van der Waals surface area (Å²) in [5.74, 6) is -1.16. The minimum atomic E-state index is -0.785. The lowest BCUT2D eigenvalue weighted by atomic mass is 9.92. The van der Waals surface area contributed by atoms with Crippen LogP contribution in [0.25, 0.3) is 0 Å². The molecule has 0 saturated carbocycles. The van der Waals surface area contributed by atoms with Crippen LogP contribution in [-0.2, 0) is 0 Å². The van der Waals surface area contributed by atoms with Gasteiger partial charge in [0.2, 0.25) is 0 Å². The molecule has 1 aromatic carbocycles. The van der Waals surface area contributed by atoms with Gasteiger partial charge in [0.15, 0.2) is 11.6 Å². The number of rotatable bonds is 6. The SMILES string of the molecule is CCCNC(c1ccc(F)c(F)c1)C(C)CC. The highest BCUT2D eigenvalue weighted by atomic mass is 19.2. The predicted octanol–water partition coefficient (Wildman–Crippen LogP) is 4.05. The summed E-state index contributed by atoms with van der Waals surface area (Å²) in [4.78, 5) is 0. The molecule has 0 heterocycles. The van der Waals surface area contributed by atoms with Gasteiger partial charge in [0.05, 0.1) is 0 Å². The standard InChI is InChI=1S/C14H21F2N/c1-4-8-17-14(10(3)5-2)11-6-7-12(15)13(16)9-11/h6-7,9-10,14,17H,4-5,8H2,1-3H3. The first kappa shape index (κ1) is 14.1. The summed E-state index contributed by atoms with van der Waals surface area (Å²) in [6.45, 7) is 7.19. The van der Waals surface area contributed by atoms with E-state index < -0.39 is 11.6 Å². The Balaban J connectivity index is 2.91. The van der Waals surface area contributed by atoms with Crippen molar-refractivity contribution < 1.29 is 8.78 Å². The average molecular weight is 241 g/mol. The van der Waals surface area contributed by atoms with Gasteiger partial charge in [-0.05, 0) is 36.6 Å². The lowest BCUT2D eigenvalue weighted by molar-refractivity contribution is 0.374. The van der Waals surface area contributed by atoms with E-state index in [-0.39, 0.29) is 6.04 Å². The van der Waals surface area contributed by atoms with Crippen molar-refractivity contribution in [2.24, 2.45) is 5.92 Å². The fourth-order valence-electron chi connectivity index (χ4n) is 1.89. The average Bonchev–Trinajstić information content (AvgIpc) is 2.33. The summed E-state index contributed by atoms with van der Waals surface area (Å²) < 4.78 is 26.1. The van der Waals surface area contributed by atoms with Crippen molar-refractivity contribution in [2.75, 3.05) is 6.54 Å². The molecule has 0 bridgehead atoms. The van der Waals surface area contributed by atoms with Crippen LogP contribution in [0.5, 0.6) is 0 Å². The largest absolute Gasteiger partial charge is 0.310 e. The molecule has 0 aromatic heterocycles. The number of hydrogen-bond acceptors (Lipinski definition) is 1. The van der Waals surface area contributed by atoms with Gasteiger partial charge in [-0.1, -0.05) is 33.3 Å². The zero-order valence-electron chi connectivity index (χ0n) is 10.8. The van der Waals surface area contributed by atoms with E-state index in [9.17, 15) is 8.78 Å². The molecule has 2 unspecified atom stereocenters. The van der Waals surface area contributed by atoms with Crippen LogP contribution in [0.15, 0.2) is 18.2 Å². The minimum absolute atomic E-state index is 0.0926. The zero-order chi connectivity index (χ0) is 12.8. The Morgan fingerprint density at radius 2 is 1.88 bits per heavy atom. The van der Waals surface area contributed by atoms with Crippen LogP contribution >= 0.6 is 0 Å². The number of benzene rings is 1. The van der Waals surface area contributed by atoms with E-state index in [1.807, 2.05) is 0 Å². The minimum Gasteiger partial charge on any atom is -0.310 e. The molecule has 1 aromatic rings. The molecule has 0 saturated heterocycles. The van der Waals surface area contributed by atoms with E-state index in [1.165, 1.54) is 12.1 Å². The molecule has 1 N–H and O–H groups in total. The Labute approximate surface area is 102 Å². The Morgan fingerprint density at radius 1 is 1.18 bits per heavy atom. The first-order valence-corrected chi connectivity index (χ1v) is 6.28. The third-order valence-electron chi connectivity index (χ3n) is 3.13. The van der Waals surface area contributed by atoms with E-state index in [1.54, 1.807) is 6.07 Å². The summed E-state index contributed by atoms with van der Waals surface area (Å²) in [5, 5.41) is 3.39. The van der Waals surface area contributed by atoms with Crippen LogP contribution in [0.1, 0.15) is 45.2 Å². The molecule has 1 nitrogen and oxygen atoms in total. The fourth-order valence-corrected chi connectivity index (χ4v) is 1.89. The maximum Gasteiger partial charge on any atom is 0.159 e. The Kier molecular flexibility index (Phi) is 5.56. The van der Waals surface area contributed by atoms with Gasteiger partial charge in [0, 0.05) is 6.04 Å². The van der Waals surface area contributed by atoms with Gasteiger partial charge in [0.1, 0.15) is 0 Å². The van der Waals surface area contributed by atoms with Crippen LogP contribution in [0, 0.1) is 17.6 Å². The summed E-state index contributed by atoms with van der Waals surface area (Å²) >= 11 is 0. The normalized spacial score (nSPS) is 14.6. The zero-order valence-corrected chi connectivity index (χ0v) is 10.8. The molecule has 3 heteroatoms. The Bertz CT molecular complexity index is 352. The third kappa shape index (κ3) is 3.77. The molecule has 0 aliphatic heterocycles. The van der Waals surface area contributed by atoms with Gasteiger partial charge in [-0.25, -0.2) is 8.78 Å². The molecule has 0 spiro atoms. The van der Waals surface area contributed by atoms with Crippen LogP contribution in [0.2, 0.25) is 0 Å². The van der Waals surface area contributed by atoms with Crippen LogP contribution in [0.4, 0.5) is 8.78 Å². The second kappa shape index (κ2) is 6.70. The molecule has 0 fully saturated rings. The first-order valence-electron chi connectivity index (χ1n) is 6.28. The molecule has 2 atom stereocenters. The van der Waals surface area contributed by atoms with Crippen molar-refractivity contribution in [3.05, 3.63) is 35.4 Å². The monoisotopic (exact) mass is 241 g/mol. The highest BCUT2D eigenvalue weighted by Gasteiger charge is 2.18. The van der Waals surface area contributed by atoms with Gasteiger partial charge >= 0.3 is 0 Å². The molecule has 0 amide bonds. The molecular weight excluding hydrogens is 220 g/mol. The van der Waals surface area contributed by atoms with Gasteiger partial charge < -0.3 is 5.32 Å². The smallest absolute Gasteiger partial charge is 0.159 e. The maximum atomic E-state index is 13.2. The first-order chi connectivity index (χ1) is 8.10. The van der Waals surface area contributed by atoms with E-state index in [0.717, 1.165) is 24.9 Å². The van der Waals surface area contributed by atoms with Gasteiger partial charge in [-0.3, -0.25) is 0 Å². The molecular formula is C14H21F2N. The van der Waals surface area contributed by atoms with E-state index in [4.69, 9.17) is 0 Å². The van der Waals surface area contributed by atoms with Crippen LogP contribution < -0.4 is 5.32 Å². The van der Waals surface area contributed by atoms with Crippen molar-refractivity contribution in [2.45, 2.75) is 39.7 Å². The summed E-state index contributed by atoms with van der Waals surface area (Å²) in [5.41, 5.74) is 0.826. The summed E-state index contributed by atoms with van der Waals surface area (Å²) in [6.07, 6.45) is 2.02. The van der Waals surface area contributed by atoms with Crippen molar-refractivity contribution in [3.63, 3.8) is 0 Å².